The van der Waals surface area contributed by atoms with Crippen molar-refractivity contribution in [3.8, 4) is 0 Å². The summed E-state index contributed by atoms with van der Waals surface area (Å²) in [4.78, 5) is 13.0. The largest absolute Gasteiger partial charge is 0.322 e. The highest BCUT2D eigenvalue weighted by atomic mass is 79.9. The Balaban J connectivity index is 2.10. The van der Waals surface area contributed by atoms with E-state index in [4.69, 9.17) is 0 Å². The van der Waals surface area contributed by atoms with Gasteiger partial charge in [0.15, 0.2) is 0 Å². The summed E-state index contributed by atoms with van der Waals surface area (Å²) in [5.74, 6) is -3.37. The van der Waals surface area contributed by atoms with E-state index in [1.54, 1.807) is 6.92 Å². The van der Waals surface area contributed by atoms with Crippen LogP contribution < -0.4 is 5.32 Å². The number of carbonyl (C=O) groups is 1. The van der Waals surface area contributed by atoms with Crippen molar-refractivity contribution in [3.63, 3.8) is 0 Å². The molecule has 1 aromatic rings. The van der Waals surface area contributed by atoms with Gasteiger partial charge in [-0.3, -0.25) is 0 Å². The van der Waals surface area contributed by atoms with E-state index in [2.05, 4.69) is 21.2 Å². The zero-order valence-corrected chi connectivity index (χ0v) is 12.4. The second-order valence-corrected chi connectivity index (χ2v) is 5.75. The third-order valence-corrected chi connectivity index (χ3v) is 3.80. The molecule has 1 N–H and O–H groups in total. The van der Waals surface area contributed by atoms with Gasteiger partial charge in [-0.2, -0.15) is 0 Å². The van der Waals surface area contributed by atoms with Crippen LogP contribution in [-0.4, -0.2) is 29.9 Å². The first-order chi connectivity index (χ1) is 9.28. The highest BCUT2D eigenvalue weighted by molar-refractivity contribution is 9.10. The molecule has 0 radical (unpaired) electrons. The van der Waals surface area contributed by atoms with Gasteiger partial charge in [0.2, 0.25) is 0 Å². The van der Waals surface area contributed by atoms with Crippen LogP contribution in [0.3, 0.4) is 0 Å². The molecule has 2 amide bonds. The molecule has 1 aliphatic heterocycles. The molecule has 1 fully saturated rings. The number of piperidine rings is 1. The zero-order chi connectivity index (χ0) is 14.9. The second-order valence-electron chi connectivity index (χ2n) is 4.89. The van der Waals surface area contributed by atoms with E-state index in [1.807, 2.05) is 0 Å². The standard InChI is InChI=1S/C13H14BrF3N2O/c1-8-5-9(14)10(15)6-11(8)18-12(20)19-4-2-3-13(16,17)7-19/h5-6H,2-4,7H2,1H3,(H,18,20). The van der Waals surface area contributed by atoms with Gasteiger partial charge >= 0.3 is 6.03 Å². The van der Waals surface area contributed by atoms with Gasteiger partial charge in [0.25, 0.3) is 5.92 Å². The Morgan fingerprint density at radius 2 is 2.15 bits per heavy atom. The minimum Gasteiger partial charge on any atom is -0.318 e. The molecular formula is C13H14BrF3N2O. The predicted octanol–water partition coefficient (Wildman–Crippen LogP) is 4.16. The number of hydrogen-bond donors (Lipinski definition) is 1. The molecule has 0 saturated carbocycles. The summed E-state index contributed by atoms with van der Waals surface area (Å²) >= 11 is 3.04. The number of nitrogens with zero attached hydrogens (tertiary/aromatic N) is 1. The fourth-order valence-electron chi connectivity index (χ4n) is 2.11. The van der Waals surface area contributed by atoms with Gasteiger partial charge < -0.3 is 10.2 Å². The molecule has 0 unspecified atom stereocenters. The molecule has 1 aromatic carbocycles. The van der Waals surface area contributed by atoms with Crippen LogP contribution in [0.5, 0.6) is 0 Å². The number of rotatable bonds is 1. The van der Waals surface area contributed by atoms with Crippen molar-refractivity contribution in [1.29, 1.82) is 0 Å². The maximum atomic E-state index is 13.4. The van der Waals surface area contributed by atoms with Gasteiger partial charge in [0.05, 0.1) is 11.0 Å². The minimum absolute atomic E-state index is 0.206. The molecule has 3 nitrogen and oxygen atoms in total. The quantitative estimate of drug-likeness (QED) is 0.810. The molecule has 1 aliphatic rings. The number of anilines is 1. The van der Waals surface area contributed by atoms with E-state index in [9.17, 15) is 18.0 Å². The lowest BCUT2D eigenvalue weighted by atomic mass is 10.1. The lowest BCUT2D eigenvalue weighted by molar-refractivity contribution is -0.0510. The maximum absolute atomic E-state index is 13.4. The fraction of sp³-hybridized carbons (Fsp3) is 0.462. The monoisotopic (exact) mass is 350 g/mol. The lowest BCUT2D eigenvalue weighted by Gasteiger charge is -2.32. The predicted molar refractivity (Wildman–Crippen MR) is 73.6 cm³/mol. The SMILES string of the molecule is Cc1cc(Br)c(F)cc1NC(=O)N1CCCC(F)(F)C1. The van der Waals surface area contributed by atoms with Crippen LogP contribution in [0.4, 0.5) is 23.7 Å². The molecule has 0 spiro atoms. The summed E-state index contributed by atoms with van der Waals surface area (Å²) in [6, 6.07) is 2.06. The van der Waals surface area contributed by atoms with Crippen molar-refractivity contribution in [2.45, 2.75) is 25.7 Å². The van der Waals surface area contributed by atoms with Crippen LogP contribution in [0.15, 0.2) is 16.6 Å². The number of urea groups is 1. The fourth-order valence-corrected chi connectivity index (χ4v) is 2.57. The Morgan fingerprint density at radius 3 is 2.80 bits per heavy atom. The normalized spacial score (nSPS) is 17.9. The molecule has 0 atom stereocenters. The summed E-state index contributed by atoms with van der Waals surface area (Å²) in [7, 11) is 0. The van der Waals surface area contributed by atoms with Gasteiger partial charge in [-0.05, 0) is 47.0 Å². The lowest BCUT2D eigenvalue weighted by Crippen LogP contribution is -2.47. The molecule has 20 heavy (non-hydrogen) atoms. The van der Waals surface area contributed by atoms with Gasteiger partial charge in [0, 0.05) is 18.7 Å². The van der Waals surface area contributed by atoms with Crippen molar-refractivity contribution in [2.75, 3.05) is 18.4 Å². The minimum atomic E-state index is -2.85. The van der Waals surface area contributed by atoms with E-state index >= 15 is 0 Å². The summed E-state index contributed by atoms with van der Waals surface area (Å²) in [6.45, 7) is 1.38. The maximum Gasteiger partial charge on any atom is 0.322 e. The third kappa shape index (κ3) is 3.45. The van der Waals surface area contributed by atoms with Crippen LogP contribution in [0.1, 0.15) is 18.4 Å². The number of nitrogens with one attached hydrogen (secondary N) is 1. The first-order valence-electron chi connectivity index (χ1n) is 6.18. The number of amides is 2. The Morgan fingerprint density at radius 1 is 1.45 bits per heavy atom. The number of hydrogen-bond acceptors (Lipinski definition) is 1. The van der Waals surface area contributed by atoms with Gasteiger partial charge in [-0.15, -0.1) is 0 Å². The Bertz CT molecular complexity index is 537. The topological polar surface area (TPSA) is 32.3 Å². The highest BCUT2D eigenvalue weighted by Crippen LogP contribution is 2.28. The molecule has 7 heteroatoms. The van der Waals surface area contributed by atoms with Crippen LogP contribution in [0.25, 0.3) is 0 Å². The van der Waals surface area contributed by atoms with E-state index in [1.165, 1.54) is 12.1 Å². The first-order valence-corrected chi connectivity index (χ1v) is 6.97. The summed E-state index contributed by atoms with van der Waals surface area (Å²) in [6.07, 6.45) is 0.0524. The summed E-state index contributed by atoms with van der Waals surface area (Å²) in [5.41, 5.74) is 0.931. The smallest absolute Gasteiger partial charge is 0.318 e. The van der Waals surface area contributed by atoms with Crippen LogP contribution in [0, 0.1) is 12.7 Å². The van der Waals surface area contributed by atoms with Crippen molar-refractivity contribution in [1.82, 2.24) is 4.90 Å². The zero-order valence-electron chi connectivity index (χ0n) is 10.9. The van der Waals surface area contributed by atoms with Gasteiger partial charge in [0.1, 0.15) is 5.82 Å². The second kappa shape index (κ2) is 5.63. The number of aryl methyl sites for hydroxylation is 1. The number of carbonyl (C=O) groups excluding carboxylic acids is 1. The Labute approximate surface area is 123 Å². The van der Waals surface area contributed by atoms with Crippen molar-refractivity contribution in [2.24, 2.45) is 0 Å². The molecular weight excluding hydrogens is 337 g/mol. The number of likely N-dealkylation sites (tertiary alicyclic amines) is 1. The Kier molecular flexibility index (Phi) is 4.27. The van der Waals surface area contributed by atoms with E-state index in [0.717, 1.165) is 4.90 Å². The number of halogens is 4. The molecule has 110 valence electrons. The summed E-state index contributed by atoms with van der Waals surface area (Å²) in [5, 5.41) is 2.48. The molecule has 1 heterocycles. The van der Waals surface area contributed by atoms with Crippen molar-refractivity contribution in [3.05, 3.63) is 28.0 Å². The molecule has 0 aromatic heterocycles. The third-order valence-electron chi connectivity index (χ3n) is 3.19. The number of benzene rings is 1. The van der Waals surface area contributed by atoms with E-state index in [0.29, 0.717) is 5.56 Å². The van der Waals surface area contributed by atoms with Gasteiger partial charge in [-0.25, -0.2) is 18.0 Å². The van der Waals surface area contributed by atoms with Crippen LogP contribution in [-0.2, 0) is 0 Å². The van der Waals surface area contributed by atoms with Crippen molar-refractivity contribution >= 4 is 27.6 Å². The van der Waals surface area contributed by atoms with Crippen molar-refractivity contribution < 1.29 is 18.0 Å². The van der Waals surface area contributed by atoms with Crippen LogP contribution in [0.2, 0.25) is 0 Å². The summed E-state index contributed by atoms with van der Waals surface area (Å²) < 4.78 is 40.3. The van der Waals surface area contributed by atoms with E-state index < -0.39 is 24.3 Å². The average molecular weight is 351 g/mol. The molecule has 0 bridgehead atoms. The average Bonchev–Trinajstić information content (AvgIpc) is 2.34. The van der Waals surface area contributed by atoms with E-state index in [-0.39, 0.29) is 29.5 Å². The molecule has 2 rings (SSSR count). The molecule has 1 saturated heterocycles. The van der Waals surface area contributed by atoms with Crippen LogP contribution >= 0.6 is 15.9 Å². The first kappa shape index (κ1) is 15.2. The molecule has 0 aliphatic carbocycles. The highest BCUT2D eigenvalue weighted by Gasteiger charge is 2.37. The number of alkyl halides is 2. The van der Waals surface area contributed by atoms with Gasteiger partial charge in [-0.1, -0.05) is 0 Å². The Hall–Kier alpha value is -1.24.